The van der Waals surface area contributed by atoms with Crippen molar-refractivity contribution < 1.29 is 23.4 Å². The van der Waals surface area contributed by atoms with Crippen LogP contribution in [0.2, 0.25) is 0 Å². The number of hydrogen-bond donors (Lipinski definition) is 1. The van der Waals surface area contributed by atoms with Crippen molar-refractivity contribution in [3.8, 4) is 5.75 Å². The lowest BCUT2D eigenvalue weighted by atomic mass is 9.84. The van der Waals surface area contributed by atoms with Crippen LogP contribution in [0.1, 0.15) is 48.8 Å². The second kappa shape index (κ2) is 7.25. The lowest BCUT2D eigenvalue weighted by Crippen LogP contribution is -2.33. The molecule has 158 valence electrons. The van der Waals surface area contributed by atoms with Gasteiger partial charge in [0.1, 0.15) is 5.75 Å². The second-order valence-electron chi connectivity index (χ2n) is 9.04. The first-order valence-electron chi connectivity index (χ1n) is 10.6. The van der Waals surface area contributed by atoms with E-state index in [1.807, 2.05) is 17.0 Å². The van der Waals surface area contributed by atoms with E-state index in [0.29, 0.717) is 37.6 Å². The molecule has 0 radical (unpaired) electrons. The Hall–Kier alpha value is -2.63. The van der Waals surface area contributed by atoms with Gasteiger partial charge in [0.25, 0.3) is 0 Å². The first kappa shape index (κ1) is 19.3. The smallest absolute Gasteiger partial charge is 0.307 e. The van der Waals surface area contributed by atoms with Gasteiger partial charge in [0.15, 0.2) is 11.6 Å². The van der Waals surface area contributed by atoms with Crippen LogP contribution in [0.3, 0.4) is 0 Å². The molecular formula is C24H25F2NO3. The van der Waals surface area contributed by atoms with E-state index in [2.05, 4.69) is 13.0 Å². The lowest BCUT2D eigenvalue weighted by molar-refractivity contribution is -0.138. The molecule has 2 aromatic rings. The number of fused-ring (bicyclic) bond motifs is 1. The molecule has 1 aliphatic heterocycles. The number of benzene rings is 2. The number of aliphatic carboxylic acids is 1. The SMILES string of the molecule is CC1CC(Oc2cc(F)c(F)c(N3CCc4cc(C5CC5C(=O)O)ccc4C3)c2)C1. The van der Waals surface area contributed by atoms with Gasteiger partial charge in [-0.25, -0.2) is 8.78 Å². The van der Waals surface area contributed by atoms with Gasteiger partial charge < -0.3 is 14.7 Å². The van der Waals surface area contributed by atoms with Gasteiger partial charge in [0.2, 0.25) is 0 Å². The van der Waals surface area contributed by atoms with Gasteiger partial charge in [0.05, 0.1) is 17.7 Å². The van der Waals surface area contributed by atoms with E-state index in [-0.39, 0.29) is 23.6 Å². The minimum Gasteiger partial charge on any atom is -0.490 e. The fraction of sp³-hybridized carbons (Fsp3) is 0.458. The molecule has 30 heavy (non-hydrogen) atoms. The Morgan fingerprint density at radius 1 is 1.13 bits per heavy atom. The summed E-state index contributed by atoms with van der Waals surface area (Å²) in [5.41, 5.74) is 3.53. The molecule has 2 fully saturated rings. The summed E-state index contributed by atoms with van der Waals surface area (Å²) in [6.07, 6.45) is 3.36. The molecule has 2 saturated carbocycles. The summed E-state index contributed by atoms with van der Waals surface area (Å²) in [6, 6.07) is 8.82. The Labute approximate surface area is 174 Å². The molecule has 5 rings (SSSR count). The Kier molecular flexibility index (Phi) is 4.68. The summed E-state index contributed by atoms with van der Waals surface area (Å²) in [5, 5.41) is 9.16. The molecule has 0 amide bonds. The number of halogens is 2. The Morgan fingerprint density at radius 2 is 1.93 bits per heavy atom. The molecule has 4 nitrogen and oxygen atoms in total. The van der Waals surface area contributed by atoms with Gasteiger partial charge in [0, 0.05) is 25.2 Å². The van der Waals surface area contributed by atoms with E-state index < -0.39 is 17.6 Å². The van der Waals surface area contributed by atoms with E-state index in [9.17, 15) is 13.6 Å². The third kappa shape index (κ3) is 3.53. The van der Waals surface area contributed by atoms with Crippen molar-refractivity contribution >= 4 is 11.7 Å². The van der Waals surface area contributed by atoms with Crippen molar-refractivity contribution in [2.45, 2.75) is 51.2 Å². The Bertz CT molecular complexity index is 1000. The topological polar surface area (TPSA) is 49.8 Å². The zero-order valence-electron chi connectivity index (χ0n) is 16.9. The van der Waals surface area contributed by atoms with Gasteiger partial charge >= 0.3 is 5.97 Å². The Morgan fingerprint density at radius 3 is 2.63 bits per heavy atom. The maximum absolute atomic E-state index is 14.6. The van der Waals surface area contributed by atoms with Crippen LogP contribution >= 0.6 is 0 Å². The highest BCUT2D eigenvalue weighted by atomic mass is 19.2. The molecule has 2 aliphatic carbocycles. The maximum atomic E-state index is 14.6. The van der Waals surface area contributed by atoms with E-state index in [1.54, 1.807) is 6.07 Å². The lowest BCUT2D eigenvalue weighted by Gasteiger charge is -2.34. The quantitative estimate of drug-likeness (QED) is 0.758. The molecule has 2 atom stereocenters. The predicted molar refractivity (Wildman–Crippen MR) is 109 cm³/mol. The first-order valence-corrected chi connectivity index (χ1v) is 10.6. The molecule has 1 heterocycles. The third-order valence-corrected chi connectivity index (χ3v) is 6.73. The molecule has 2 aromatic carbocycles. The van der Waals surface area contributed by atoms with Crippen molar-refractivity contribution in [2.24, 2.45) is 11.8 Å². The third-order valence-electron chi connectivity index (χ3n) is 6.73. The Balaban J connectivity index is 1.34. The number of anilines is 1. The van der Waals surface area contributed by atoms with Crippen LogP contribution in [0.5, 0.6) is 5.75 Å². The maximum Gasteiger partial charge on any atom is 0.307 e. The van der Waals surface area contributed by atoms with Gasteiger partial charge in [-0.1, -0.05) is 25.1 Å². The van der Waals surface area contributed by atoms with Gasteiger partial charge in [-0.05, 0) is 54.2 Å². The van der Waals surface area contributed by atoms with Crippen molar-refractivity contribution in [2.75, 3.05) is 11.4 Å². The van der Waals surface area contributed by atoms with Crippen molar-refractivity contribution in [3.05, 3.63) is 58.7 Å². The zero-order chi connectivity index (χ0) is 21.0. The molecular weight excluding hydrogens is 388 g/mol. The molecule has 0 spiro atoms. The highest BCUT2D eigenvalue weighted by molar-refractivity contribution is 5.75. The fourth-order valence-electron chi connectivity index (χ4n) is 4.81. The number of carboxylic acid groups (broad SMARTS) is 1. The minimum absolute atomic E-state index is 0.0790. The minimum atomic E-state index is -0.885. The van der Waals surface area contributed by atoms with Crippen LogP contribution in [0.4, 0.5) is 14.5 Å². The molecule has 0 saturated heterocycles. The number of rotatable bonds is 5. The van der Waals surface area contributed by atoms with Crippen LogP contribution in [-0.2, 0) is 17.8 Å². The fourth-order valence-corrected chi connectivity index (χ4v) is 4.81. The van der Waals surface area contributed by atoms with E-state index in [4.69, 9.17) is 9.84 Å². The highest BCUT2D eigenvalue weighted by Crippen LogP contribution is 2.48. The number of ether oxygens (including phenoxy) is 1. The van der Waals surface area contributed by atoms with Crippen LogP contribution in [-0.4, -0.2) is 23.7 Å². The average Bonchev–Trinajstić information content (AvgIpc) is 3.50. The number of hydrogen-bond acceptors (Lipinski definition) is 3. The normalized spacial score (nSPS) is 27.2. The summed E-state index contributed by atoms with van der Waals surface area (Å²) in [4.78, 5) is 13.0. The molecule has 2 unspecified atom stereocenters. The summed E-state index contributed by atoms with van der Waals surface area (Å²) < 4.78 is 34.7. The van der Waals surface area contributed by atoms with Gasteiger partial charge in [-0.2, -0.15) is 0 Å². The van der Waals surface area contributed by atoms with Crippen LogP contribution in [0.15, 0.2) is 30.3 Å². The average molecular weight is 413 g/mol. The van der Waals surface area contributed by atoms with E-state index in [1.165, 1.54) is 0 Å². The molecule has 0 aromatic heterocycles. The van der Waals surface area contributed by atoms with E-state index in [0.717, 1.165) is 35.6 Å². The predicted octanol–water partition coefficient (Wildman–Crippen LogP) is 4.89. The van der Waals surface area contributed by atoms with Crippen LogP contribution in [0, 0.1) is 23.5 Å². The standard InChI is InChI=1S/C24H25F2NO3/c1-13-6-17(7-13)30-18-9-21(25)23(26)22(10-18)27-5-4-14-8-15(2-3-16(14)12-27)19-11-20(19)24(28)29/h2-3,8-10,13,17,19-20H,4-7,11-12H2,1H3,(H,28,29). The van der Waals surface area contributed by atoms with Crippen molar-refractivity contribution in [3.63, 3.8) is 0 Å². The van der Waals surface area contributed by atoms with Crippen molar-refractivity contribution in [1.29, 1.82) is 0 Å². The molecule has 1 N–H and O–H groups in total. The second-order valence-corrected chi connectivity index (χ2v) is 9.04. The highest BCUT2D eigenvalue weighted by Gasteiger charge is 2.44. The largest absolute Gasteiger partial charge is 0.490 e. The van der Waals surface area contributed by atoms with Crippen LogP contribution < -0.4 is 9.64 Å². The molecule has 6 heteroatoms. The first-order chi connectivity index (χ1) is 14.4. The van der Waals surface area contributed by atoms with Gasteiger partial charge in [-0.3, -0.25) is 4.79 Å². The number of carbonyl (C=O) groups is 1. The van der Waals surface area contributed by atoms with E-state index >= 15 is 0 Å². The van der Waals surface area contributed by atoms with Gasteiger partial charge in [-0.15, -0.1) is 0 Å². The monoisotopic (exact) mass is 413 g/mol. The summed E-state index contributed by atoms with van der Waals surface area (Å²) in [7, 11) is 0. The van der Waals surface area contributed by atoms with Crippen molar-refractivity contribution in [1.82, 2.24) is 0 Å². The number of nitrogens with zero attached hydrogens (tertiary/aromatic N) is 1. The summed E-state index contributed by atoms with van der Waals surface area (Å²) in [5.74, 6) is -1.64. The summed E-state index contributed by atoms with van der Waals surface area (Å²) in [6.45, 7) is 3.21. The molecule has 0 bridgehead atoms. The van der Waals surface area contributed by atoms with Crippen LogP contribution in [0.25, 0.3) is 0 Å². The zero-order valence-corrected chi connectivity index (χ0v) is 16.9. The number of carboxylic acids is 1. The summed E-state index contributed by atoms with van der Waals surface area (Å²) >= 11 is 0. The molecule has 3 aliphatic rings.